The van der Waals surface area contributed by atoms with Gasteiger partial charge in [0.25, 0.3) is 0 Å². The maximum Gasteiger partial charge on any atom is 0.134 e. The largest absolute Gasteiger partial charge is 0.495 e. The van der Waals surface area contributed by atoms with E-state index >= 15 is 0 Å². The lowest BCUT2D eigenvalue weighted by Crippen LogP contribution is -2.01. The Morgan fingerprint density at radius 3 is 2.36 bits per heavy atom. The predicted octanol–water partition coefficient (Wildman–Crippen LogP) is 1.03. The quantitative estimate of drug-likeness (QED) is 0.382. The molecule has 0 amide bonds. The van der Waals surface area contributed by atoms with Gasteiger partial charge in [-0.15, -0.1) is 0 Å². The predicted molar refractivity (Wildman–Crippen MR) is 46.5 cm³/mol. The number of hydrogen-bond donors (Lipinski definition) is 2. The lowest BCUT2D eigenvalue weighted by molar-refractivity contribution is 0.302. The Balaban J connectivity index is 4.23. The van der Waals surface area contributed by atoms with Gasteiger partial charge in [0.1, 0.15) is 5.76 Å². The van der Waals surface area contributed by atoms with Crippen LogP contribution in [0.2, 0.25) is 0 Å². The minimum absolute atomic E-state index is 0.164. The molecule has 0 aliphatic carbocycles. The number of nitrogens with two attached hydrogens (primary N) is 2. The fourth-order valence-corrected chi connectivity index (χ4v) is 0.443. The first-order valence-electron chi connectivity index (χ1n) is 2.89. The highest BCUT2D eigenvalue weighted by Gasteiger charge is 1.92. The third-order valence-electron chi connectivity index (χ3n) is 0.990. The highest BCUT2D eigenvalue weighted by molar-refractivity contribution is 6.29. The van der Waals surface area contributed by atoms with Crippen LogP contribution in [0.4, 0.5) is 0 Å². The zero-order valence-electron chi connectivity index (χ0n) is 6.30. The van der Waals surface area contributed by atoms with Crippen LogP contribution < -0.4 is 11.5 Å². The van der Waals surface area contributed by atoms with E-state index in [1.165, 1.54) is 19.3 Å². The number of rotatable bonds is 3. The van der Waals surface area contributed by atoms with Gasteiger partial charge in [-0.25, -0.2) is 0 Å². The van der Waals surface area contributed by atoms with E-state index in [0.717, 1.165) is 0 Å². The Morgan fingerprint density at radius 1 is 1.45 bits per heavy atom. The van der Waals surface area contributed by atoms with Crippen molar-refractivity contribution in [3.05, 3.63) is 35.3 Å². The van der Waals surface area contributed by atoms with Gasteiger partial charge in [-0.2, -0.15) is 0 Å². The molecule has 0 radical (unpaired) electrons. The summed E-state index contributed by atoms with van der Waals surface area (Å²) in [5.74, 6) is 0.388. The van der Waals surface area contributed by atoms with Crippen molar-refractivity contribution >= 4 is 11.6 Å². The summed E-state index contributed by atoms with van der Waals surface area (Å²) in [5, 5.41) is 0.164. The van der Waals surface area contributed by atoms with E-state index in [1.54, 1.807) is 0 Å². The average Bonchev–Trinajstić information content (AvgIpc) is 1.98. The van der Waals surface area contributed by atoms with Crippen molar-refractivity contribution in [2.75, 3.05) is 7.11 Å². The van der Waals surface area contributed by atoms with Crippen LogP contribution in [-0.2, 0) is 4.74 Å². The molecule has 0 aromatic heterocycles. The smallest absolute Gasteiger partial charge is 0.134 e. The number of halogens is 1. The van der Waals surface area contributed by atoms with Crippen molar-refractivity contribution in [3.63, 3.8) is 0 Å². The molecular formula is C7H11ClN2O. The molecule has 0 bridgehead atoms. The summed E-state index contributed by atoms with van der Waals surface area (Å²) in [4.78, 5) is 0. The van der Waals surface area contributed by atoms with Gasteiger partial charge < -0.3 is 16.2 Å². The topological polar surface area (TPSA) is 61.3 Å². The summed E-state index contributed by atoms with van der Waals surface area (Å²) < 4.78 is 4.74. The molecular weight excluding hydrogens is 164 g/mol. The highest BCUT2D eigenvalue weighted by Crippen LogP contribution is 2.01. The Labute approximate surface area is 71.0 Å². The zero-order valence-corrected chi connectivity index (χ0v) is 7.06. The van der Waals surface area contributed by atoms with Crippen LogP contribution in [0, 0.1) is 0 Å². The molecule has 3 nitrogen and oxygen atoms in total. The number of allylic oxidation sites excluding steroid dienone is 2. The van der Waals surface area contributed by atoms with Crippen molar-refractivity contribution in [3.8, 4) is 0 Å². The molecule has 0 spiro atoms. The molecule has 11 heavy (non-hydrogen) atoms. The molecule has 0 rings (SSSR count). The standard InChI is InChI=1S/C7H11ClN2O/c1-5(11-2)6(9)3-4-7(8)10/h3-4H,1,9-10H2,2H3/b6-3-,7-4-. The summed E-state index contributed by atoms with van der Waals surface area (Å²) in [5.41, 5.74) is 11.0. The summed E-state index contributed by atoms with van der Waals surface area (Å²) in [7, 11) is 1.48. The van der Waals surface area contributed by atoms with Crippen LogP contribution in [0.25, 0.3) is 0 Å². The van der Waals surface area contributed by atoms with E-state index in [1.807, 2.05) is 0 Å². The van der Waals surface area contributed by atoms with Crippen LogP contribution >= 0.6 is 11.6 Å². The second-order valence-corrected chi connectivity index (χ2v) is 2.24. The summed E-state index contributed by atoms with van der Waals surface area (Å²) in [6, 6.07) is 0. The second-order valence-electron chi connectivity index (χ2n) is 1.80. The van der Waals surface area contributed by atoms with Crippen molar-refractivity contribution in [1.82, 2.24) is 0 Å². The van der Waals surface area contributed by atoms with E-state index < -0.39 is 0 Å². The van der Waals surface area contributed by atoms with Gasteiger partial charge in [-0.1, -0.05) is 18.2 Å². The van der Waals surface area contributed by atoms with Crippen molar-refractivity contribution in [2.45, 2.75) is 0 Å². The van der Waals surface area contributed by atoms with E-state index in [9.17, 15) is 0 Å². The van der Waals surface area contributed by atoms with Gasteiger partial charge in [0.15, 0.2) is 0 Å². The van der Waals surface area contributed by atoms with Crippen LogP contribution in [-0.4, -0.2) is 7.11 Å². The first kappa shape index (κ1) is 9.91. The zero-order chi connectivity index (χ0) is 8.85. The van der Waals surface area contributed by atoms with E-state index in [0.29, 0.717) is 11.5 Å². The molecule has 0 atom stereocenters. The molecule has 0 aliphatic rings. The second kappa shape index (κ2) is 4.68. The fourth-order valence-electron chi connectivity index (χ4n) is 0.380. The van der Waals surface area contributed by atoms with E-state index in [4.69, 9.17) is 27.8 Å². The highest BCUT2D eigenvalue weighted by atomic mass is 35.5. The molecule has 0 fully saturated rings. The van der Waals surface area contributed by atoms with Gasteiger partial charge in [-0.3, -0.25) is 0 Å². The Bertz CT molecular complexity index is 204. The summed E-state index contributed by atoms with van der Waals surface area (Å²) in [6.07, 6.45) is 2.98. The van der Waals surface area contributed by atoms with Gasteiger partial charge in [0.05, 0.1) is 18.0 Å². The third-order valence-corrected chi connectivity index (χ3v) is 1.12. The van der Waals surface area contributed by atoms with Gasteiger partial charge in [0.2, 0.25) is 0 Å². The lowest BCUT2D eigenvalue weighted by Gasteiger charge is -2.01. The molecule has 0 unspecified atom stereocenters. The molecule has 0 aliphatic heterocycles. The third kappa shape index (κ3) is 4.33. The monoisotopic (exact) mass is 174 g/mol. The number of methoxy groups -OCH3 is 1. The van der Waals surface area contributed by atoms with Gasteiger partial charge in [0, 0.05) is 0 Å². The molecule has 0 saturated carbocycles. The van der Waals surface area contributed by atoms with Crippen molar-refractivity contribution < 1.29 is 4.74 Å². The first-order chi connectivity index (χ1) is 5.07. The fraction of sp³-hybridized carbons (Fsp3) is 0.143. The minimum Gasteiger partial charge on any atom is -0.495 e. The average molecular weight is 175 g/mol. The number of ether oxygens (including phenoxy) is 1. The molecule has 0 aromatic rings. The van der Waals surface area contributed by atoms with Crippen LogP contribution in [0.5, 0.6) is 0 Å². The molecule has 62 valence electrons. The number of hydrogen-bond acceptors (Lipinski definition) is 3. The van der Waals surface area contributed by atoms with Gasteiger partial charge in [-0.05, 0) is 12.2 Å². The summed E-state index contributed by atoms with van der Waals surface area (Å²) in [6.45, 7) is 3.52. The van der Waals surface area contributed by atoms with Crippen LogP contribution in [0.15, 0.2) is 35.3 Å². The normalized spacial score (nSPS) is 12.9. The molecule has 0 aromatic carbocycles. The summed E-state index contributed by atoms with van der Waals surface area (Å²) >= 11 is 5.34. The maximum atomic E-state index is 5.45. The molecule has 0 saturated heterocycles. The van der Waals surface area contributed by atoms with E-state index in [2.05, 4.69) is 6.58 Å². The van der Waals surface area contributed by atoms with Crippen molar-refractivity contribution in [2.24, 2.45) is 11.5 Å². The molecule has 4 N–H and O–H groups in total. The first-order valence-corrected chi connectivity index (χ1v) is 3.27. The van der Waals surface area contributed by atoms with E-state index in [-0.39, 0.29) is 5.16 Å². The Hall–Kier alpha value is -1.09. The van der Waals surface area contributed by atoms with Crippen LogP contribution in [0.3, 0.4) is 0 Å². The lowest BCUT2D eigenvalue weighted by atomic mass is 10.3. The van der Waals surface area contributed by atoms with Gasteiger partial charge >= 0.3 is 0 Å². The Kier molecular flexibility index (Phi) is 4.22. The maximum absolute atomic E-state index is 5.45. The Morgan fingerprint density at radius 2 is 2.00 bits per heavy atom. The van der Waals surface area contributed by atoms with Crippen LogP contribution in [0.1, 0.15) is 0 Å². The SMILES string of the molecule is C=C(OC)/C(N)=C/C=C(\N)Cl. The van der Waals surface area contributed by atoms with Crippen molar-refractivity contribution in [1.29, 1.82) is 0 Å². The molecule has 0 heterocycles. The molecule has 4 heteroatoms. The minimum atomic E-state index is 0.164.